The summed E-state index contributed by atoms with van der Waals surface area (Å²) in [4.78, 5) is 11.2. The largest absolute Gasteiger partial charge is 0.457 e. The fraction of sp³-hybridized carbons (Fsp3) is 0.607. The zero-order valence-electron chi connectivity index (χ0n) is 20.4. The van der Waals surface area contributed by atoms with Crippen molar-refractivity contribution in [3.05, 3.63) is 60.8 Å². The van der Waals surface area contributed by atoms with E-state index in [-0.39, 0.29) is 19.2 Å². The van der Waals surface area contributed by atoms with Gasteiger partial charge in [-0.15, -0.1) is 0 Å². The molecule has 32 heavy (non-hydrogen) atoms. The molecule has 0 aromatic carbocycles. The molecule has 1 unspecified atom stereocenters. The van der Waals surface area contributed by atoms with E-state index in [1.165, 1.54) is 12.8 Å². The minimum absolute atomic E-state index is 0.195. The molecule has 4 heteroatoms. The molecule has 4 nitrogen and oxygen atoms in total. The van der Waals surface area contributed by atoms with Crippen molar-refractivity contribution in [2.24, 2.45) is 0 Å². The van der Waals surface area contributed by atoms with Crippen LogP contribution in [0.1, 0.15) is 84.5 Å². The van der Waals surface area contributed by atoms with Gasteiger partial charge in [-0.1, -0.05) is 87.4 Å². The number of carbonyl (C=O) groups excluding carboxylic acids is 1. The van der Waals surface area contributed by atoms with Crippen LogP contribution in [0, 0.1) is 0 Å². The van der Waals surface area contributed by atoms with Crippen molar-refractivity contribution in [2.75, 3.05) is 19.8 Å². The molecule has 0 aliphatic heterocycles. The number of ether oxygens (including phenoxy) is 2. The van der Waals surface area contributed by atoms with E-state index in [1.807, 2.05) is 0 Å². The summed E-state index contributed by atoms with van der Waals surface area (Å²) < 4.78 is 10.6. The van der Waals surface area contributed by atoms with E-state index in [0.29, 0.717) is 13.0 Å². The van der Waals surface area contributed by atoms with Crippen LogP contribution in [0.25, 0.3) is 0 Å². The Morgan fingerprint density at radius 3 is 1.81 bits per heavy atom. The first-order chi connectivity index (χ1) is 15.7. The zero-order valence-corrected chi connectivity index (χ0v) is 20.4. The predicted molar refractivity (Wildman–Crippen MR) is 136 cm³/mol. The minimum Gasteiger partial charge on any atom is -0.457 e. The SMILES string of the molecule is CC/C=C\C/C=C\C/C=C\C/C=C\C/C=C\CCCCCCOCC(CO)OC(=O)CC. The first-order valence-electron chi connectivity index (χ1n) is 12.4. The van der Waals surface area contributed by atoms with E-state index < -0.39 is 6.10 Å². The van der Waals surface area contributed by atoms with Gasteiger partial charge < -0.3 is 14.6 Å². The highest BCUT2D eigenvalue weighted by molar-refractivity contribution is 5.69. The molecule has 0 bridgehead atoms. The van der Waals surface area contributed by atoms with Gasteiger partial charge in [-0.25, -0.2) is 0 Å². The van der Waals surface area contributed by atoms with Crippen molar-refractivity contribution in [3.8, 4) is 0 Å². The Kier molecular flexibility index (Phi) is 23.8. The second-order valence-corrected chi connectivity index (χ2v) is 7.63. The highest BCUT2D eigenvalue weighted by Gasteiger charge is 2.11. The van der Waals surface area contributed by atoms with Crippen LogP contribution in [0.3, 0.4) is 0 Å². The van der Waals surface area contributed by atoms with Crippen molar-refractivity contribution in [1.29, 1.82) is 0 Å². The molecule has 0 fully saturated rings. The molecule has 0 radical (unpaired) electrons. The lowest BCUT2D eigenvalue weighted by Gasteiger charge is -2.15. The summed E-state index contributed by atoms with van der Waals surface area (Å²) in [6.07, 6.45) is 32.8. The smallest absolute Gasteiger partial charge is 0.305 e. The Bertz CT molecular complexity index is 558. The van der Waals surface area contributed by atoms with Gasteiger partial charge in [0.15, 0.2) is 0 Å². The number of rotatable bonds is 21. The molecule has 1 N–H and O–H groups in total. The molecule has 0 amide bonds. The number of hydrogen-bond donors (Lipinski definition) is 1. The number of allylic oxidation sites excluding steroid dienone is 10. The summed E-state index contributed by atoms with van der Waals surface area (Å²) in [7, 11) is 0. The Morgan fingerprint density at radius 1 is 0.750 bits per heavy atom. The number of aliphatic hydroxyl groups is 1. The summed E-state index contributed by atoms with van der Waals surface area (Å²) in [6, 6.07) is 0. The molecule has 0 saturated heterocycles. The van der Waals surface area contributed by atoms with Crippen LogP contribution in [0.5, 0.6) is 0 Å². The molecule has 0 aliphatic carbocycles. The lowest BCUT2D eigenvalue weighted by atomic mass is 10.1. The number of hydrogen-bond acceptors (Lipinski definition) is 4. The van der Waals surface area contributed by atoms with Crippen molar-refractivity contribution in [3.63, 3.8) is 0 Å². The highest BCUT2D eigenvalue weighted by Crippen LogP contribution is 2.05. The predicted octanol–water partition coefficient (Wildman–Crippen LogP) is 7.02. The van der Waals surface area contributed by atoms with Crippen LogP contribution in [0.15, 0.2) is 60.8 Å². The quantitative estimate of drug-likeness (QED) is 0.117. The molecular formula is C28H46O4. The maximum Gasteiger partial charge on any atom is 0.305 e. The van der Waals surface area contributed by atoms with Gasteiger partial charge >= 0.3 is 5.97 Å². The van der Waals surface area contributed by atoms with Gasteiger partial charge in [0.1, 0.15) is 6.10 Å². The van der Waals surface area contributed by atoms with Gasteiger partial charge in [-0.3, -0.25) is 4.79 Å². The van der Waals surface area contributed by atoms with E-state index in [0.717, 1.165) is 51.4 Å². The summed E-state index contributed by atoms with van der Waals surface area (Å²) in [5.74, 6) is -0.303. The summed E-state index contributed by atoms with van der Waals surface area (Å²) in [5.41, 5.74) is 0. The standard InChI is InChI=1S/C28H46O4/c1-3-5-6-7-8-9-10-11-12-13-14-15-16-17-18-19-20-21-22-23-24-31-26-27(25-29)32-28(30)4-2/h5-6,8-9,11-12,14-15,17-18,27,29H,3-4,7,10,13,16,19-26H2,1-2H3/b6-5-,9-8-,12-11-,15-14-,18-17-. The fourth-order valence-electron chi connectivity index (χ4n) is 2.80. The lowest BCUT2D eigenvalue weighted by molar-refractivity contribution is -0.154. The molecule has 0 heterocycles. The van der Waals surface area contributed by atoms with Crippen molar-refractivity contribution in [2.45, 2.75) is 90.6 Å². The van der Waals surface area contributed by atoms with E-state index in [2.05, 4.69) is 67.7 Å². The Morgan fingerprint density at radius 2 is 1.28 bits per heavy atom. The van der Waals surface area contributed by atoms with E-state index in [9.17, 15) is 4.79 Å². The average Bonchev–Trinajstić information content (AvgIpc) is 2.81. The third-order valence-corrected chi connectivity index (χ3v) is 4.66. The third-order valence-electron chi connectivity index (χ3n) is 4.66. The van der Waals surface area contributed by atoms with Gasteiger partial charge in [0.25, 0.3) is 0 Å². The van der Waals surface area contributed by atoms with E-state index in [1.54, 1.807) is 6.92 Å². The van der Waals surface area contributed by atoms with Crippen molar-refractivity contribution in [1.82, 2.24) is 0 Å². The van der Waals surface area contributed by atoms with Crippen LogP contribution >= 0.6 is 0 Å². The third kappa shape index (κ3) is 22.8. The minimum atomic E-state index is -0.544. The maximum atomic E-state index is 11.2. The van der Waals surface area contributed by atoms with Crippen LogP contribution < -0.4 is 0 Å². The van der Waals surface area contributed by atoms with E-state index in [4.69, 9.17) is 14.6 Å². The second kappa shape index (κ2) is 25.4. The molecule has 0 aromatic heterocycles. The van der Waals surface area contributed by atoms with Crippen LogP contribution in [0.2, 0.25) is 0 Å². The lowest BCUT2D eigenvalue weighted by Crippen LogP contribution is -2.27. The normalized spacial score (nSPS) is 13.5. The average molecular weight is 447 g/mol. The van der Waals surface area contributed by atoms with Crippen LogP contribution in [-0.4, -0.2) is 37.0 Å². The molecule has 1 atom stereocenters. The molecule has 0 rings (SSSR count). The monoisotopic (exact) mass is 446 g/mol. The second-order valence-electron chi connectivity index (χ2n) is 7.63. The van der Waals surface area contributed by atoms with Gasteiger partial charge in [0.05, 0.1) is 13.2 Å². The van der Waals surface area contributed by atoms with Crippen LogP contribution in [-0.2, 0) is 14.3 Å². The fourth-order valence-corrected chi connectivity index (χ4v) is 2.80. The Balaban J connectivity index is 3.47. The summed E-state index contributed by atoms with van der Waals surface area (Å²) in [5, 5.41) is 9.17. The molecule has 0 aliphatic rings. The molecule has 0 saturated carbocycles. The van der Waals surface area contributed by atoms with E-state index >= 15 is 0 Å². The molecule has 0 spiro atoms. The zero-order chi connectivity index (χ0) is 23.5. The Hall–Kier alpha value is -1.91. The number of esters is 1. The molecule has 0 aromatic rings. The molecular weight excluding hydrogens is 400 g/mol. The number of unbranched alkanes of at least 4 members (excludes halogenated alkanes) is 4. The van der Waals surface area contributed by atoms with Gasteiger partial charge in [0.2, 0.25) is 0 Å². The van der Waals surface area contributed by atoms with Crippen molar-refractivity contribution < 1.29 is 19.4 Å². The number of aliphatic hydroxyl groups excluding tert-OH is 1. The first kappa shape index (κ1) is 30.1. The van der Waals surface area contributed by atoms with Gasteiger partial charge in [-0.05, 0) is 51.4 Å². The Labute approximate surface area is 196 Å². The van der Waals surface area contributed by atoms with Gasteiger partial charge in [0, 0.05) is 13.0 Å². The van der Waals surface area contributed by atoms with Crippen LogP contribution in [0.4, 0.5) is 0 Å². The number of carbonyl (C=O) groups is 1. The summed E-state index contributed by atoms with van der Waals surface area (Å²) >= 11 is 0. The van der Waals surface area contributed by atoms with Crippen molar-refractivity contribution >= 4 is 5.97 Å². The maximum absolute atomic E-state index is 11.2. The molecule has 182 valence electrons. The highest BCUT2D eigenvalue weighted by atomic mass is 16.6. The van der Waals surface area contributed by atoms with Gasteiger partial charge in [-0.2, -0.15) is 0 Å². The topological polar surface area (TPSA) is 55.8 Å². The summed E-state index contributed by atoms with van der Waals surface area (Å²) in [6.45, 7) is 4.60. The first-order valence-corrected chi connectivity index (χ1v) is 12.4.